The number of nitrogens with zero attached hydrogens (tertiary/aromatic N) is 1. The molecule has 1 fully saturated rings. The number of fused-ring (bicyclic) bond motifs is 1. The van der Waals surface area contributed by atoms with Gasteiger partial charge in [0.1, 0.15) is 5.75 Å². The number of para-hydroxylation sites is 1. The minimum absolute atomic E-state index is 0.194. The molecule has 41 heavy (non-hydrogen) atoms. The van der Waals surface area contributed by atoms with Gasteiger partial charge in [0, 0.05) is 17.1 Å². The molecule has 3 aromatic carbocycles. The van der Waals surface area contributed by atoms with E-state index < -0.39 is 36.7 Å². The summed E-state index contributed by atoms with van der Waals surface area (Å²) in [4.78, 5) is 40.8. The van der Waals surface area contributed by atoms with Crippen molar-refractivity contribution >= 4 is 29.4 Å². The molecule has 2 amide bonds. The van der Waals surface area contributed by atoms with Crippen molar-refractivity contribution in [3.05, 3.63) is 100 Å². The maximum absolute atomic E-state index is 14.1. The van der Waals surface area contributed by atoms with Gasteiger partial charge in [-0.05, 0) is 60.2 Å². The number of carboxylic acids is 1. The predicted octanol–water partition coefficient (Wildman–Crippen LogP) is 4.75. The molecule has 1 aliphatic carbocycles. The van der Waals surface area contributed by atoms with Crippen LogP contribution in [-0.2, 0) is 16.0 Å². The van der Waals surface area contributed by atoms with Crippen LogP contribution in [0.15, 0.2) is 72.8 Å². The van der Waals surface area contributed by atoms with E-state index in [2.05, 4.69) is 5.32 Å². The zero-order valence-corrected chi connectivity index (χ0v) is 23.3. The molecule has 0 bridgehead atoms. The summed E-state index contributed by atoms with van der Waals surface area (Å²) in [5.41, 5.74) is 2.64. The average molecular weight is 577 g/mol. The fourth-order valence-corrected chi connectivity index (χ4v) is 6.18. The number of benzene rings is 3. The van der Waals surface area contributed by atoms with Crippen LogP contribution in [0.1, 0.15) is 64.7 Å². The van der Waals surface area contributed by atoms with Gasteiger partial charge < -0.3 is 25.2 Å². The highest BCUT2D eigenvalue weighted by Gasteiger charge is 2.48. The summed E-state index contributed by atoms with van der Waals surface area (Å²) in [5.74, 6) is -1.78. The number of hydrogen-bond donors (Lipinski definition) is 3. The Morgan fingerprint density at radius 3 is 2.44 bits per heavy atom. The number of hydrogen-bond acceptors (Lipinski definition) is 5. The van der Waals surface area contributed by atoms with Crippen LogP contribution in [0.25, 0.3) is 0 Å². The standard InChI is InChI=1S/C32H33ClN2O6/c33-22-15-13-21(14-16-22)30-29(31(39)34-18-17-20-7-1-6-12-27(20)41-19-28(37)38)23-8-2-3-9-24(23)32(40)35(30)25-10-4-5-11-26(25)36/h1-3,6-9,12-16,25-26,29-30,36H,4-5,10-11,17-19H2,(H,34,39)(H,37,38)/t25-,26-,29+,30-/m0/s1. The molecule has 1 heterocycles. The van der Waals surface area contributed by atoms with Crippen LogP contribution in [0.2, 0.25) is 5.02 Å². The fraction of sp³-hybridized carbons (Fsp3) is 0.344. The quantitative estimate of drug-likeness (QED) is 0.339. The van der Waals surface area contributed by atoms with Gasteiger partial charge in [0.25, 0.3) is 5.91 Å². The summed E-state index contributed by atoms with van der Waals surface area (Å²) < 4.78 is 5.42. The summed E-state index contributed by atoms with van der Waals surface area (Å²) in [7, 11) is 0. The van der Waals surface area contributed by atoms with Gasteiger partial charge in [0.15, 0.2) is 6.61 Å². The van der Waals surface area contributed by atoms with Crippen molar-refractivity contribution < 1.29 is 29.3 Å². The SMILES string of the molecule is O=C(O)COc1ccccc1CCNC(=O)[C@@H]1c2ccccc2C(=O)N([C@H]2CCCC[C@@H]2O)[C@H]1c1ccc(Cl)cc1. The van der Waals surface area contributed by atoms with E-state index in [1.807, 2.05) is 36.4 Å². The first-order valence-electron chi connectivity index (χ1n) is 13.9. The Balaban J connectivity index is 1.47. The summed E-state index contributed by atoms with van der Waals surface area (Å²) in [6.07, 6.45) is 2.78. The number of carbonyl (C=O) groups is 3. The zero-order chi connectivity index (χ0) is 28.9. The lowest BCUT2D eigenvalue weighted by atomic mass is 9.76. The van der Waals surface area contributed by atoms with Gasteiger partial charge in [-0.15, -0.1) is 0 Å². The number of carboxylic acid groups (broad SMARTS) is 1. The Bertz CT molecular complexity index is 1410. The monoisotopic (exact) mass is 576 g/mol. The second-order valence-electron chi connectivity index (χ2n) is 10.5. The minimum atomic E-state index is -1.07. The van der Waals surface area contributed by atoms with Crippen LogP contribution in [-0.4, -0.2) is 58.2 Å². The molecular formula is C32H33ClN2O6. The molecule has 3 aromatic rings. The van der Waals surface area contributed by atoms with Gasteiger partial charge in [0.05, 0.1) is 24.1 Å². The number of amides is 2. The summed E-state index contributed by atoms with van der Waals surface area (Å²) in [6.45, 7) is -0.180. The summed E-state index contributed by atoms with van der Waals surface area (Å²) in [6, 6.07) is 20.4. The third-order valence-corrected chi connectivity index (χ3v) is 8.19. The molecule has 4 atom stereocenters. The molecular weight excluding hydrogens is 544 g/mol. The molecule has 0 saturated heterocycles. The van der Waals surface area contributed by atoms with Crippen molar-refractivity contribution in [1.82, 2.24) is 10.2 Å². The first kappa shape index (κ1) is 28.6. The third-order valence-electron chi connectivity index (χ3n) is 7.94. The molecule has 0 spiro atoms. The summed E-state index contributed by atoms with van der Waals surface area (Å²) in [5, 5.41) is 23.6. The second kappa shape index (κ2) is 12.7. The Morgan fingerprint density at radius 2 is 1.68 bits per heavy atom. The maximum Gasteiger partial charge on any atom is 0.341 e. The largest absolute Gasteiger partial charge is 0.482 e. The first-order chi connectivity index (χ1) is 19.8. The summed E-state index contributed by atoms with van der Waals surface area (Å²) >= 11 is 6.20. The number of aliphatic hydroxyl groups is 1. The molecule has 0 unspecified atom stereocenters. The Morgan fingerprint density at radius 1 is 0.976 bits per heavy atom. The Hall–Kier alpha value is -3.88. The van der Waals surface area contributed by atoms with E-state index in [4.69, 9.17) is 21.4 Å². The van der Waals surface area contributed by atoms with Crippen molar-refractivity contribution in [2.24, 2.45) is 0 Å². The second-order valence-corrected chi connectivity index (χ2v) is 11.0. The van der Waals surface area contributed by atoms with Crippen molar-refractivity contribution in [3.63, 3.8) is 0 Å². The smallest absolute Gasteiger partial charge is 0.341 e. The number of rotatable bonds is 9. The van der Waals surface area contributed by atoms with E-state index in [1.165, 1.54) is 0 Å². The van der Waals surface area contributed by atoms with Crippen LogP contribution in [0, 0.1) is 0 Å². The van der Waals surface area contributed by atoms with Crippen LogP contribution >= 0.6 is 11.6 Å². The van der Waals surface area contributed by atoms with Gasteiger partial charge in [-0.2, -0.15) is 0 Å². The van der Waals surface area contributed by atoms with Crippen LogP contribution < -0.4 is 10.1 Å². The molecule has 8 nitrogen and oxygen atoms in total. The predicted molar refractivity (Wildman–Crippen MR) is 154 cm³/mol. The normalized spacial score (nSPS) is 22.1. The average Bonchev–Trinajstić information content (AvgIpc) is 2.97. The number of halogens is 1. The molecule has 1 aliphatic heterocycles. The molecule has 2 aliphatic rings. The maximum atomic E-state index is 14.1. The highest BCUT2D eigenvalue weighted by atomic mass is 35.5. The Kier molecular flexibility index (Phi) is 8.90. The van der Waals surface area contributed by atoms with E-state index in [1.54, 1.807) is 41.3 Å². The first-order valence-corrected chi connectivity index (χ1v) is 14.3. The number of ether oxygens (including phenoxy) is 1. The van der Waals surface area contributed by atoms with Gasteiger partial charge in [-0.1, -0.05) is 73.0 Å². The van der Waals surface area contributed by atoms with Gasteiger partial charge in [-0.3, -0.25) is 9.59 Å². The molecule has 1 saturated carbocycles. The molecule has 9 heteroatoms. The van der Waals surface area contributed by atoms with Crippen LogP contribution in [0.5, 0.6) is 5.75 Å². The lowest BCUT2D eigenvalue weighted by Gasteiger charge is -2.48. The fourth-order valence-electron chi connectivity index (χ4n) is 6.05. The number of aliphatic hydroxyl groups excluding tert-OH is 1. The van der Waals surface area contributed by atoms with E-state index in [0.29, 0.717) is 41.2 Å². The van der Waals surface area contributed by atoms with Crippen LogP contribution in [0.3, 0.4) is 0 Å². The lowest BCUT2D eigenvalue weighted by molar-refractivity contribution is -0.139. The lowest BCUT2D eigenvalue weighted by Crippen LogP contribution is -2.55. The highest BCUT2D eigenvalue weighted by Crippen LogP contribution is 2.46. The Labute approximate surface area is 243 Å². The molecule has 0 aromatic heterocycles. The topological polar surface area (TPSA) is 116 Å². The van der Waals surface area contributed by atoms with Gasteiger partial charge in [0.2, 0.25) is 5.91 Å². The van der Waals surface area contributed by atoms with E-state index >= 15 is 0 Å². The number of carbonyl (C=O) groups excluding carboxylic acids is 2. The molecule has 3 N–H and O–H groups in total. The zero-order valence-electron chi connectivity index (χ0n) is 22.5. The van der Waals surface area contributed by atoms with Crippen LogP contribution in [0.4, 0.5) is 0 Å². The van der Waals surface area contributed by atoms with Crippen molar-refractivity contribution in [1.29, 1.82) is 0 Å². The van der Waals surface area contributed by atoms with Crippen molar-refractivity contribution in [2.45, 2.75) is 56.2 Å². The molecule has 0 radical (unpaired) electrons. The van der Waals surface area contributed by atoms with Gasteiger partial charge >= 0.3 is 5.97 Å². The van der Waals surface area contributed by atoms with E-state index in [0.717, 1.165) is 24.0 Å². The van der Waals surface area contributed by atoms with Crippen molar-refractivity contribution in [2.75, 3.05) is 13.2 Å². The third kappa shape index (κ3) is 6.24. The molecule has 5 rings (SSSR count). The minimum Gasteiger partial charge on any atom is -0.482 e. The highest BCUT2D eigenvalue weighted by molar-refractivity contribution is 6.30. The van der Waals surface area contributed by atoms with E-state index in [-0.39, 0.29) is 18.4 Å². The van der Waals surface area contributed by atoms with Crippen molar-refractivity contribution in [3.8, 4) is 5.75 Å². The van der Waals surface area contributed by atoms with E-state index in [9.17, 15) is 19.5 Å². The number of nitrogens with one attached hydrogen (secondary N) is 1. The number of aliphatic carboxylic acids is 1. The molecule has 214 valence electrons. The van der Waals surface area contributed by atoms with Gasteiger partial charge in [-0.25, -0.2) is 4.79 Å².